The van der Waals surface area contributed by atoms with Gasteiger partial charge in [0.25, 0.3) is 0 Å². The van der Waals surface area contributed by atoms with Gasteiger partial charge in [-0.1, -0.05) is 11.6 Å². The van der Waals surface area contributed by atoms with Crippen LogP contribution in [-0.4, -0.2) is 33.1 Å². The predicted molar refractivity (Wildman–Crippen MR) is 94.3 cm³/mol. The molecule has 6 heteroatoms. The molecule has 1 aromatic rings. The van der Waals surface area contributed by atoms with E-state index in [1.54, 1.807) is 0 Å². The Bertz CT molecular complexity index is 556. The van der Waals surface area contributed by atoms with Crippen molar-refractivity contribution in [1.82, 2.24) is 5.32 Å². The van der Waals surface area contributed by atoms with Crippen molar-refractivity contribution in [1.29, 1.82) is 0 Å². The number of hydrogen-bond acceptors (Lipinski definition) is 3. The fourth-order valence-electron chi connectivity index (χ4n) is 3.41. The highest BCUT2D eigenvalue weighted by molar-refractivity contribution is 6.31. The molecule has 2 N–H and O–H groups in total. The van der Waals surface area contributed by atoms with Crippen molar-refractivity contribution in [2.24, 2.45) is 11.3 Å². The summed E-state index contributed by atoms with van der Waals surface area (Å²) in [7, 11) is 3.93. The molecule has 1 spiro atoms. The average molecular weight is 344 g/mol. The van der Waals surface area contributed by atoms with Gasteiger partial charge in [0, 0.05) is 25.0 Å². The Hall–Kier alpha value is -0.970. The monoisotopic (exact) mass is 343 g/mol. The van der Waals surface area contributed by atoms with Crippen LogP contribution in [0.25, 0.3) is 0 Å². The SMILES string of the molecule is CN(C)c1ccc(Cl)cc1NC(=O)C1CC12CCNCC2.Cl. The van der Waals surface area contributed by atoms with Crippen LogP contribution in [0.4, 0.5) is 11.4 Å². The third-order valence-electron chi connectivity index (χ3n) is 4.80. The zero-order chi connectivity index (χ0) is 15.0. The maximum atomic E-state index is 12.5. The number of piperidine rings is 1. The molecule has 1 aliphatic carbocycles. The number of halogens is 2. The van der Waals surface area contributed by atoms with Crippen molar-refractivity contribution < 1.29 is 4.79 Å². The molecule has 1 aliphatic heterocycles. The van der Waals surface area contributed by atoms with E-state index in [-0.39, 0.29) is 29.6 Å². The lowest BCUT2D eigenvalue weighted by molar-refractivity contribution is -0.118. The van der Waals surface area contributed by atoms with Crippen LogP contribution < -0.4 is 15.5 Å². The molecule has 2 aliphatic rings. The highest BCUT2D eigenvalue weighted by atomic mass is 35.5. The summed E-state index contributed by atoms with van der Waals surface area (Å²) in [6.07, 6.45) is 3.25. The Balaban J connectivity index is 0.00000176. The van der Waals surface area contributed by atoms with Gasteiger partial charge < -0.3 is 15.5 Å². The molecule has 1 saturated heterocycles. The molecule has 0 bridgehead atoms. The van der Waals surface area contributed by atoms with Gasteiger partial charge in [-0.15, -0.1) is 12.4 Å². The second kappa shape index (κ2) is 6.65. The number of amides is 1. The molecule has 22 heavy (non-hydrogen) atoms. The van der Waals surface area contributed by atoms with Crippen molar-refractivity contribution >= 4 is 41.3 Å². The molecule has 1 aromatic carbocycles. The average Bonchev–Trinajstić information content (AvgIpc) is 3.13. The molecule has 4 nitrogen and oxygen atoms in total. The first-order valence-corrected chi connectivity index (χ1v) is 7.88. The fraction of sp³-hybridized carbons (Fsp3) is 0.562. The van der Waals surface area contributed by atoms with Gasteiger partial charge in [0.05, 0.1) is 11.4 Å². The van der Waals surface area contributed by atoms with E-state index in [4.69, 9.17) is 11.6 Å². The van der Waals surface area contributed by atoms with Gasteiger partial charge in [-0.05, 0) is 56.0 Å². The molecule has 1 saturated carbocycles. The van der Waals surface area contributed by atoms with E-state index >= 15 is 0 Å². The summed E-state index contributed by atoms with van der Waals surface area (Å²) in [6.45, 7) is 2.06. The lowest BCUT2D eigenvalue weighted by atomic mass is 9.92. The van der Waals surface area contributed by atoms with Crippen molar-refractivity contribution in [2.45, 2.75) is 19.3 Å². The lowest BCUT2D eigenvalue weighted by Crippen LogP contribution is -2.31. The van der Waals surface area contributed by atoms with Crippen molar-refractivity contribution in [3.8, 4) is 0 Å². The summed E-state index contributed by atoms with van der Waals surface area (Å²) < 4.78 is 0. The molecule has 3 rings (SSSR count). The quantitative estimate of drug-likeness (QED) is 0.885. The van der Waals surface area contributed by atoms with E-state index in [2.05, 4.69) is 10.6 Å². The lowest BCUT2D eigenvalue weighted by Gasteiger charge is -2.23. The zero-order valence-electron chi connectivity index (χ0n) is 13.0. The molecule has 0 radical (unpaired) electrons. The Morgan fingerprint density at radius 2 is 2.05 bits per heavy atom. The second-order valence-electron chi connectivity index (χ2n) is 6.41. The number of rotatable bonds is 3. The van der Waals surface area contributed by atoms with Crippen LogP contribution in [0, 0.1) is 11.3 Å². The second-order valence-corrected chi connectivity index (χ2v) is 6.85. The van der Waals surface area contributed by atoms with Crippen LogP contribution in [0.3, 0.4) is 0 Å². The van der Waals surface area contributed by atoms with Gasteiger partial charge >= 0.3 is 0 Å². The van der Waals surface area contributed by atoms with Crippen LogP contribution in [0.15, 0.2) is 18.2 Å². The van der Waals surface area contributed by atoms with Crippen LogP contribution in [0.1, 0.15) is 19.3 Å². The molecular formula is C16H23Cl2N3O. The third kappa shape index (κ3) is 3.34. The van der Waals surface area contributed by atoms with Gasteiger partial charge in [-0.3, -0.25) is 4.79 Å². The van der Waals surface area contributed by atoms with Gasteiger partial charge in [0.2, 0.25) is 5.91 Å². The molecule has 122 valence electrons. The Kier molecular flexibility index (Phi) is 5.25. The number of benzene rings is 1. The van der Waals surface area contributed by atoms with Crippen LogP contribution >= 0.6 is 24.0 Å². The van der Waals surface area contributed by atoms with Crippen molar-refractivity contribution in [2.75, 3.05) is 37.4 Å². The maximum absolute atomic E-state index is 12.5. The van der Waals surface area contributed by atoms with E-state index in [9.17, 15) is 4.79 Å². The van der Waals surface area contributed by atoms with Gasteiger partial charge in [0.15, 0.2) is 0 Å². The van der Waals surface area contributed by atoms with E-state index in [1.807, 2.05) is 37.2 Å². The largest absolute Gasteiger partial charge is 0.376 e. The first-order valence-electron chi connectivity index (χ1n) is 7.50. The molecule has 1 unspecified atom stereocenters. The Labute approximate surface area is 143 Å². The van der Waals surface area contributed by atoms with Gasteiger partial charge in [0.1, 0.15) is 0 Å². The molecule has 0 aromatic heterocycles. The van der Waals surface area contributed by atoms with Crippen molar-refractivity contribution in [3.63, 3.8) is 0 Å². The minimum absolute atomic E-state index is 0. The first kappa shape index (κ1) is 17.4. The summed E-state index contributed by atoms with van der Waals surface area (Å²) in [5, 5.41) is 7.09. The van der Waals surface area contributed by atoms with E-state index < -0.39 is 0 Å². The number of carbonyl (C=O) groups excluding carboxylic acids is 1. The molecule has 1 atom stereocenters. The number of anilines is 2. The van der Waals surface area contributed by atoms with Crippen molar-refractivity contribution in [3.05, 3.63) is 23.2 Å². The Morgan fingerprint density at radius 3 is 2.68 bits per heavy atom. The maximum Gasteiger partial charge on any atom is 0.228 e. The highest BCUT2D eigenvalue weighted by Gasteiger charge is 2.57. The van der Waals surface area contributed by atoms with E-state index in [0.29, 0.717) is 5.02 Å². The molecule has 1 amide bonds. The zero-order valence-corrected chi connectivity index (χ0v) is 14.6. The number of carbonyl (C=O) groups is 1. The van der Waals surface area contributed by atoms with Gasteiger partial charge in [-0.2, -0.15) is 0 Å². The number of nitrogens with one attached hydrogen (secondary N) is 2. The third-order valence-corrected chi connectivity index (χ3v) is 5.04. The summed E-state index contributed by atoms with van der Waals surface area (Å²) in [5.74, 6) is 0.302. The smallest absolute Gasteiger partial charge is 0.228 e. The first-order chi connectivity index (χ1) is 10.0. The van der Waals surface area contributed by atoms with Crippen LogP contribution in [-0.2, 0) is 4.79 Å². The molecule has 2 fully saturated rings. The number of nitrogens with zero attached hydrogens (tertiary/aromatic N) is 1. The summed E-state index contributed by atoms with van der Waals surface area (Å²) >= 11 is 6.06. The molecular weight excluding hydrogens is 321 g/mol. The van der Waals surface area contributed by atoms with E-state index in [0.717, 1.165) is 43.7 Å². The van der Waals surface area contributed by atoms with Gasteiger partial charge in [-0.25, -0.2) is 0 Å². The van der Waals surface area contributed by atoms with E-state index in [1.165, 1.54) is 0 Å². The predicted octanol–water partition coefficient (Wildman–Crippen LogP) is 3.16. The standard InChI is InChI=1S/C16H22ClN3O.ClH/c1-20(2)14-4-3-11(17)9-13(14)19-15(21)12-10-16(12)5-7-18-8-6-16;/h3-4,9,12,18H,5-8,10H2,1-2H3,(H,19,21);1H. The minimum Gasteiger partial charge on any atom is -0.376 e. The topological polar surface area (TPSA) is 44.4 Å². The molecule has 1 heterocycles. The number of hydrogen-bond donors (Lipinski definition) is 2. The van der Waals surface area contributed by atoms with Crippen LogP contribution in [0.5, 0.6) is 0 Å². The fourth-order valence-corrected chi connectivity index (χ4v) is 3.59. The summed E-state index contributed by atoms with van der Waals surface area (Å²) in [6, 6.07) is 5.61. The highest BCUT2D eigenvalue weighted by Crippen LogP contribution is 2.58. The minimum atomic E-state index is 0. The summed E-state index contributed by atoms with van der Waals surface area (Å²) in [4.78, 5) is 14.5. The normalized spacial score (nSPS) is 21.9. The Morgan fingerprint density at radius 1 is 1.36 bits per heavy atom. The summed E-state index contributed by atoms with van der Waals surface area (Å²) in [5.41, 5.74) is 2.04. The van der Waals surface area contributed by atoms with Crippen LogP contribution in [0.2, 0.25) is 5.02 Å².